The molecule has 0 N–H and O–H groups in total. The molecule has 2 amide bonds. The number of hydrogen-bond acceptors (Lipinski definition) is 8. The summed E-state index contributed by atoms with van der Waals surface area (Å²) in [5.41, 5.74) is 2.01. The number of carbonyl (C=O) groups is 2. The van der Waals surface area contributed by atoms with Gasteiger partial charge in [0.15, 0.2) is 0 Å². The summed E-state index contributed by atoms with van der Waals surface area (Å²) in [6.07, 6.45) is 0.589. The topological polar surface area (TPSA) is 107 Å². The Morgan fingerprint density at radius 2 is 1.65 bits per heavy atom. The van der Waals surface area contributed by atoms with Crippen molar-refractivity contribution in [3.8, 4) is 11.1 Å². The van der Waals surface area contributed by atoms with E-state index in [1.807, 2.05) is 28.9 Å². The summed E-state index contributed by atoms with van der Waals surface area (Å²) in [5, 5.41) is -0.409. The summed E-state index contributed by atoms with van der Waals surface area (Å²) in [5.74, 6) is 0.0475. The lowest BCUT2D eigenvalue weighted by Crippen LogP contribution is -2.56. The van der Waals surface area contributed by atoms with E-state index in [1.165, 1.54) is 29.6 Å². The largest absolute Gasteiger partial charge is 0.416 e. The highest BCUT2D eigenvalue weighted by Crippen LogP contribution is 2.38. The van der Waals surface area contributed by atoms with Crippen LogP contribution in [0.2, 0.25) is 0 Å². The lowest BCUT2D eigenvalue weighted by Gasteiger charge is -2.42. The van der Waals surface area contributed by atoms with E-state index in [0.29, 0.717) is 80.4 Å². The highest BCUT2D eigenvalue weighted by Gasteiger charge is 2.35. The van der Waals surface area contributed by atoms with Gasteiger partial charge in [0.1, 0.15) is 16.4 Å². The second-order valence-electron chi connectivity index (χ2n) is 12.2. The maximum atomic E-state index is 13.8. The van der Waals surface area contributed by atoms with E-state index in [-0.39, 0.29) is 24.4 Å². The minimum atomic E-state index is -4.55. The van der Waals surface area contributed by atoms with Gasteiger partial charge in [-0.1, -0.05) is 18.2 Å². The SMILES string of the molecule is CC1CN(c2ccc(C(F)(F)F)cc2-c2cnc(N3CCC(S(C)(=O)=O)CC3)nc2)CCN1C(=O)CN1Cc2ccccc2C1=O. The van der Waals surface area contributed by atoms with Gasteiger partial charge in [-0.05, 0) is 49.6 Å². The highest BCUT2D eigenvalue weighted by atomic mass is 32.2. The quantitative estimate of drug-likeness (QED) is 0.394. The van der Waals surface area contributed by atoms with Crippen molar-refractivity contribution >= 4 is 33.3 Å². The fourth-order valence-corrected chi connectivity index (χ4v) is 7.64. The van der Waals surface area contributed by atoms with E-state index in [0.717, 1.165) is 17.7 Å². The van der Waals surface area contributed by atoms with Crippen molar-refractivity contribution in [2.75, 3.05) is 55.3 Å². The van der Waals surface area contributed by atoms with Crippen molar-refractivity contribution in [3.63, 3.8) is 0 Å². The molecule has 0 bridgehead atoms. The molecule has 14 heteroatoms. The normalized spacial score (nSPS) is 19.5. The number of anilines is 2. The Bertz CT molecular complexity index is 1740. The van der Waals surface area contributed by atoms with Crippen molar-refractivity contribution in [3.05, 3.63) is 71.5 Å². The van der Waals surface area contributed by atoms with Crippen LogP contribution in [-0.2, 0) is 27.4 Å². The van der Waals surface area contributed by atoms with Gasteiger partial charge < -0.3 is 19.6 Å². The number of rotatable bonds is 6. The molecule has 6 rings (SSSR count). The average molecular weight is 657 g/mol. The number of piperidine rings is 1. The number of hydrogen-bond donors (Lipinski definition) is 0. The zero-order valence-electron chi connectivity index (χ0n) is 25.6. The Morgan fingerprint density at radius 1 is 0.957 bits per heavy atom. The van der Waals surface area contributed by atoms with Crippen LogP contribution in [0.1, 0.15) is 41.3 Å². The van der Waals surface area contributed by atoms with Crippen molar-refractivity contribution in [1.29, 1.82) is 0 Å². The van der Waals surface area contributed by atoms with Crippen LogP contribution < -0.4 is 9.80 Å². The highest BCUT2D eigenvalue weighted by molar-refractivity contribution is 7.91. The van der Waals surface area contributed by atoms with Crippen molar-refractivity contribution in [1.82, 2.24) is 19.8 Å². The number of alkyl halides is 3. The number of fused-ring (bicyclic) bond motifs is 1. The van der Waals surface area contributed by atoms with E-state index in [2.05, 4.69) is 9.97 Å². The van der Waals surface area contributed by atoms with Gasteiger partial charge in [-0.15, -0.1) is 0 Å². The second kappa shape index (κ2) is 12.2. The van der Waals surface area contributed by atoms with Crippen LogP contribution in [0.25, 0.3) is 11.1 Å². The van der Waals surface area contributed by atoms with Crippen LogP contribution in [0.3, 0.4) is 0 Å². The molecule has 0 radical (unpaired) electrons. The number of amides is 2. The molecule has 2 saturated heterocycles. The molecule has 244 valence electrons. The maximum Gasteiger partial charge on any atom is 0.416 e. The van der Waals surface area contributed by atoms with E-state index >= 15 is 0 Å². The number of piperazine rings is 1. The fourth-order valence-electron chi connectivity index (χ4n) is 6.57. The van der Waals surface area contributed by atoms with E-state index in [1.54, 1.807) is 17.0 Å². The Hall–Kier alpha value is -4.20. The molecular formula is C32H35F3N6O4S. The molecule has 4 heterocycles. The molecule has 3 aromatic rings. The third-order valence-electron chi connectivity index (χ3n) is 9.11. The predicted octanol–water partition coefficient (Wildman–Crippen LogP) is 3.87. The molecule has 0 aliphatic carbocycles. The summed E-state index contributed by atoms with van der Waals surface area (Å²) in [6.45, 7) is 4.26. The zero-order chi connectivity index (χ0) is 32.8. The molecule has 2 aromatic carbocycles. The standard InChI is InChI=1S/C32H35F3N6O4S/c1-21-18-39(13-14-41(21)29(42)20-40-19-22-5-3-4-6-26(22)30(40)43)28-8-7-24(32(33,34)35)15-27(28)23-16-36-31(37-17-23)38-11-9-25(10-12-38)46(2,44)45/h3-8,15-17,21,25H,9-14,18-20H2,1-2H3. The van der Waals surface area contributed by atoms with Crippen LogP contribution in [0.15, 0.2) is 54.9 Å². The number of sulfone groups is 1. The van der Waals surface area contributed by atoms with Crippen molar-refractivity contribution in [2.24, 2.45) is 0 Å². The number of carbonyl (C=O) groups excluding carboxylic acids is 2. The van der Waals surface area contributed by atoms with Crippen LogP contribution >= 0.6 is 0 Å². The lowest BCUT2D eigenvalue weighted by atomic mass is 10.0. The first-order valence-corrected chi connectivity index (χ1v) is 17.1. The molecule has 0 saturated carbocycles. The van der Waals surface area contributed by atoms with Crippen molar-refractivity contribution < 1.29 is 31.2 Å². The van der Waals surface area contributed by atoms with Gasteiger partial charge in [0.25, 0.3) is 5.91 Å². The molecule has 1 aromatic heterocycles. The molecule has 3 aliphatic rings. The Labute approximate surface area is 265 Å². The van der Waals surface area contributed by atoms with Crippen LogP contribution in [0, 0.1) is 0 Å². The molecule has 1 atom stereocenters. The van der Waals surface area contributed by atoms with E-state index < -0.39 is 26.8 Å². The van der Waals surface area contributed by atoms with E-state index in [9.17, 15) is 31.2 Å². The van der Waals surface area contributed by atoms with Gasteiger partial charge in [-0.3, -0.25) is 9.59 Å². The summed E-state index contributed by atoms with van der Waals surface area (Å²) < 4.78 is 65.2. The first kappa shape index (κ1) is 31.8. The molecule has 46 heavy (non-hydrogen) atoms. The Balaban J connectivity index is 1.17. The van der Waals surface area contributed by atoms with Gasteiger partial charge in [0, 0.05) is 86.3 Å². The molecular weight excluding hydrogens is 621 g/mol. The molecule has 1 unspecified atom stereocenters. The fraction of sp³-hybridized carbons (Fsp3) is 0.438. The smallest absolute Gasteiger partial charge is 0.367 e. The van der Waals surface area contributed by atoms with Crippen LogP contribution in [0.5, 0.6) is 0 Å². The van der Waals surface area contributed by atoms with Crippen LogP contribution in [-0.4, -0.2) is 96.8 Å². The summed E-state index contributed by atoms with van der Waals surface area (Å²) in [7, 11) is -3.14. The van der Waals surface area contributed by atoms with Gasteiger partial charge in [-0.2, -0.15) is 13.2 Å². The number of benzene rings is 2. The molecule has 3 aliphatic heterocycles. The average Bonchev–Trinajstić information content (AvgIpc) is 3.34. The Kier molecular flexibility index (Phi) is 8.42. The third kappa shape index (κ3) is 6.39. The van der Waals surface area contributed by atoms with Gasteiger partial charge in [0.2, 0.25) is 11.9 Å². The molecule has 0 spiro atoms. The monoisotopic (exact) mass is 656 g/mol. The number of nitrogens with zero attached hydrogens (tertiary/aromatic N) is 6. The Morgan fingerprint density at radius 3 is 2.28 bits per heavy atom. The summed E-state index contributed by atoms with van der Waals surface area (Å²) in [6, 6.07) is 10.6. The minimum Gasteiger partial charge on any atom is -0.367 e. The predicted molar refractivity (Wildman–Crippen MR) is 167 cm³/mol. The first-order chi connectivity index (χ1) is 21.8. The summed E-state index contributed by atoms with van der Waals surface area (Å²) in [4.78, 5) is 42.1. The second-order valence-corrected chi connectivity index (χ2v) is 14.5. The molecule has 10 nitrogen and oxygen atoms in total. The van der Waals surface area contributed by atoms with Gasteiger partial charge in [-0.25, -0.2) is 18.4 Å². The van der Waals surface area contributed by atoms with Crippen LogP contribution in [0.4, 0.5) is 24.8 Å². The number of halogens is 3. The molecule has 2 fully saturated rings. The summed E-state index contributed by atoms with van der Waals surface area (Å²) >= 11 is 0. The maximum absolute atomic E-state index is 13.8. The first-order valence-electron chi connectivity index (χ1n) is 15.2. The number of aromatic nitrogens is 2. The minimum absolute atomic E-state index is 0.0427. The van der Waals surface area contributed by atoms with E-state index in [4.69, 9.17) is 0 Å². The van der Waals surface area contributed by atoms with Gasteiger partial charge >= 0.3 is 6.18 Å². The lowest BCUT2D eigenvalue weighted by molar-refractivity contribution is -0.137. The zero-order valence-corrected chi connectivity index (χ0v) is 26.4. The van der Waals surface area contributed by atoms with Crippen molar-refractivity contribution in [2.45, 2.75) is 43.8 Å². The van der Waals surface area contributed by atoms with Gasteiger partial charge in [0.05, 0.1) is 10.8 Å². The third-order valence-corrected chi connectivity index (χ3v) is 10.8.